The molecule has 0 aliphatic heterocycles. The van der Waals surface area contributed by atoms with E-state index in [0.29, 0.717) is 0 Å². The first-order chi connectivity index (χ1) is 6.43. The van der Waals surface area contributed by atoms with Gasteiger partial charge in [-0.1, -0.05) is 33.5 Å². The van der Waals surface area contributed by atoms with Crippen molar-refractivity contribution >= 4 is 45.5 Å². The molecule has 0 aliphatic carbocycles. The Hall–Kier alpha value is -1.14. The molecule has 8 heteroatoms. The molecule has 0 aromatic heterocycles. The molecule has 0 aromatic carbocycles. The lowest BCUT2D eigenvalue weighted by Crippen LogP contribution is -2.04. The maximum absolute atomic E-state index is 10.3. The van der Waals surface area contributed by atoms with Crippen molar-refractivity contribution in [3.05, 3.63) is 0 Å². The van der Waals surface area contributed by atoms with Gasteiger partial charge in [0.1, 0.15) is 0 Å². The van der Waals surface area contributed by atoms with Crippen LogP contribution < -0.4 is 0 Å². The van der Waals surface area contributed by atoms with Gasteiger partial charge in [0, 0.05) is 13.8 Å². The van der Waals surface area contributed by atoms with Crippen molar-refractivity contribution < 1.29 is 19.3 Å². The number of hydrogen-bond acceptors (Lipinski definition) is 6. The Morgan fingerprint density at radius 2 is 1.21 bits per heavy atom. The number of rotatable bonds is 3. The van der Waals surface area contributed by atoms with E-state index in [1.165, 1.54) is 0 Å². The summed E-state index contributed by atoms with van der Waals surface area (Å²) in [5.74, 6) is -1.33. The molecule has 0 aromatic rings. The average molecular weight is 241 g/mol. The number of carbonyl (C=O) groups is 2. The predicted octanol–water partition coefficient (Wildman–Crippen LogP) is 1.22. The highest BCUT2D eigenvalue weighted by Crippen LogP contribution is 1.98. The van der Waals surface area contributed by atoms with Crippen LogP contribution in [0.15, 0.2) is 10.3 Å². The zero-order valence-corrected chi connectivity index (χ0v) is 8.80. The third kappa shape index (κ3) is 6.38. The van der Waals surface area contributed by atoms with Crippen molar-refractivity contribution in [3.8, 4) is 0 Å². The van der Waals surface area contributed by atoms with Gasteiger partial charge in [-0.15, -0.1) is 0 Å². The highest BCUT2D eigenvalue weighted by molar-refractivity contribution is 7.00. The lowest BCUT2D eigenvalue weighted by molar-refractivity contribution is -0.142. The third-order valence-corrected chi connectivity index (χ3v) is 1.27. The quantitative estimate of drug-likeness (QED) is 0.422. The van der Waals surface area contributed by atoms with E-state index >= 15 is 0 Å². The zero-order valence-electron chi connectivity index (χ0n) is 7.28. The monoisotopic (exact) mass is 240 g/mol. The molecule has 0 fully saturated rings. The van der Waals surface area contributed by atoms with Gasteiger partial charge >= 0.3 is 11.9 Å². The van der Waals surface area contributed by atoms with Crippen molar-refractivity contribution in [1.29, 1.82) is 0 Å². The first-order valence-corrected chi connectivity index (χ1v) is 4.01. The van der Waals surface area contributed by atoms with E-state index in [1.54, 1.807) is 0 Å². The maximum Gasteiger partial charge on any atom is 0.332 e. The molecule has 0 N–H and O–H groups in total. The largest absolute Gasteiger partial charge is 0.332 e. The highest BCUT2D eigenvalue weighted by Gasteiger charge is 2.06. The van der Waals surface area contributed by atoms with Crippen LogP contribution in [0.4, 0.5) is 0 Å². The number of hydrogen-bond donors (Lipinski definition) is 0. The van der Waals surface area contributed by atoms with Crippen LogP contribution in [-0.2, 0) is 19.3 Å². The van der Waals surface area contributed by atoms with Crippen LogP contribution in [0, 0.1) is 0 Å². The SMILES string of the molecule is CC(=O)ON=C(Cl)C(Cl)=NOC(C)=O. The topological polar surface area (TPSA) is 77.3 Å². The third-order valence-electron chi connectivity index (χ3n) is 0.679. The molecule has 0 atom stereocenters. The fourth-order valence-corrected chi connectivity index (χ4v) is 0.422. The van der Waals surface area contributed by atoms with Gasteiger partial charge in [0.2, 0.25) is 10.3 Å². The molecule has 0 bridgehead atoms. The van der Waals surface area contributed by atoms with Gasteiger partial charge in [-0.2, -0.15) is 0 Å². The second kappa shape index (κ2) is 6.33. The summed E-state index contributed by atoms with van der Waals surface area (Å²) in [6.07, 6.45) is 0. The van der Waals surface area contributed by atoms with Crippen LogP contribution in [0.3, 0.4) is 0 Å². The molecule has 78 valence electrons. The lowest BCUT2D eigenvalue weighted by atomic mass is 10.8. The Kier molecular flexibility index (Phi) is 5.82. The molecular formula is C6H6Cl2N2O4. The van der Waals surface area contributed by atoms with Crippen molar-refractivity contribution in [2.45, 2.75) is 13.8 Å². The van der Waals surface area contributed by atoms with Crippen molar-refractivity contribution in [1.82, 2.24) is 0 Å². The number of carbonyl (C=O) groups excluding carboxylic acids is 2. The average Bonchev–Trinajstić information content (AvgIpc) is 2.09. The molecule has 0 saturated heterocycles. The first-order valence-electron chi connectivity index (χ1n) is 3.26. The molecule has 0 aliphatic rings. The fourth-order valence-electron chi connectivity index (χ4n) is 0.284. The Morgan fingerprint density at radius 1 is 0.929 bits per heavy atom. The van der Waals surface area contributed by atoms with Gasteiger partial charge in [0.15, 0.2) is 0 Å². The molecule has 0 radical (unpaired) electrons. The molecule has 6 nitrogen and oxygen atoms in total. The highest BCUT2D eigenvalue weighted by atomic mass is 35.5. The molecule has 0 rings (SSSR count). The van der Waals surface area contributed by atoms with E-state index in [9.17, 15) is 9.59 Å². The summed E-state index contributed by atoms with van der Waals surface area (Å²) in [6, 6.07) is 0. The normalized spacial score (nSPS) is 12.3. The van der Waals surface area contributed by atoms with Crippen molar-refractivity contribution in [2.24, 2.45) is 10.3 Å². The predicted molar refractivity (Wildman–Crippen MR) is 50.1 cm³/mol. The Morgan fingerprint density at radius 3 is 1.43 bits per heavy atom. The molecule has 0 amide bonds. The Labute approximate surface area is 89.4 Å². The van der Waals surface area contributed by atoms with E-state index in [2.05, 4.69) is 20.0 Å². The van der Waals surface area contributed by atoms with E-state index in [1.807, 2.05) is 0 Å². The fraction of sp³-hybridized carbons (Fsp3) is 0.333. The zero-order chi connectivity index (χ0) is 11.1. The summed E-state index contributed by atoms with van der Waals surface area (Å²) in [5, 5.41) is 5.36. The summed E-state index contributed by atoms with van der Waals surface area (Å²) >= 11 is 10.8. The van der Waals surface area contributed by atoms with E-state index < -0.39 is 22.3 Å². The minimum absolute atomic E-state index is 0.400. The van der Waals surface area contributed by atoms with Crippen LogP contribution in [0.2, 0.25) is 0 Å². The van der Waals surface area contributed by atoms with Crippen LogP contribution in [-0.4, -0.2) is 22.3 Å². The van der Waals surface area contributed by atoms with Crippen LogP contribution in [0.5, 0.6) is 0 Å². The second-order valence-electron chi connectivity index (χ2n) is 1.93. The lowest BCUT2D eigenvalue weighted by Gasteiger charge is -1.94. The number of oxime groups is 2. The summed E-state index contributed by atoms with van der Waals surface area (Å²) < 4.78 is 0. The summed E-state index contributed by atoms with van der Waals surface area (Å²) in [7, 11) is 0. The van der Waals surface area contributed by atoms with E-state index in [0.717, 1.165) is 13.8 Å². The smallest absolute Gasteiger partial charge is 0.317 e. The Bertz CT molecular complexity index is 270. The van der Waals surface area contributed by atoms with Gasteiger partial charge in [0.05, 0.1) is 0 Å². The van der Waals surface area contributed by atoms with E-state index in [-0.39, 0.29) is 0 Å². The van der Waals surface area contributed by atoms with Crippen LogP contribution >= 0.6 is 23.2 Å². The first kappa shape index (κ1) is 12.9. The number of halogens is 2. The van der Waals surface area contributed by atoms with Gasteiger partial charge in [0.25, 0.3) is 0 Å². The molecule has 0 spiro atoms. The minimum atomic E-state index is -0.667. The summed E-state index contributed by atoms with van der Waals surface area (Å²) in [5.41, 5.74) is 0. The molecule has 0 saturated carbocycles. The number of nitrogens with zero attached hydrogens (tertiary/aromatic N) is 2. The second-order valence-corrected chi connectivity index (χ2v) is 2.65. The Balaban J connectivity index is 4.29. The standard InChI is InChI=1S/C6H6Cl2N2O4/c1-3(11)13-9-5(7)6(8)10-14-4(2)12/h1-2H3. The van der Waals surface area contributed by atoms with Crippen molar-refractivity contribution in [2.75, 3.05) is 0 Å². The summed E-state index contributed by atoms with van der Waals surface area (Å²) in [4.78, 5) is 28.8. The molecule has 0 unspecified atom stereocenters. The van der Waals surface area contributed by atoms with E-state index in [4.69, 9.17) is 23.2 Å². The molecule has 0 heterocycles. The van der Waals surface area contributed by atoms with Crippen molar-refractivity contribution in [3.63, 3.8) is 0 Å². The maximum atomic E-state index is 10.3. The van der Waals surface area contributed by atoms with Gasteiger partial charge in [-0.05, 0) is 0 Å². The van der Waals surface area contributed by atoms with Gasteiger partial charge in [-0.3, -0.25) is 0 Å². The molecular weight excluding hydrogens is 235 g/mol. The van der Waals surface area contributed by atoms with Crippen LogP contribution in [0.1, 0.15) is 13.8 Å². The van der Waals surface area contributed by atoms with Crippen LogP contribution in [0.25, 0.3) is 0 Å². The van der Waals surface area contributed by atoms with Gasteiger partial charge in [-0.25, -0.2) is 9.59 Å². The van der Waals surface area contributed by atoms with Gasteiger partial charge < -0.3 is 9.68 Å². The minimum Gasteiger partial charge on any atom is -0.317 e. The summed E-state index contributed by atoms with van der Waals surface area (Å²) in [6.45, 7) is 2.26. The molecule has 14 heavy (non-hydrogen) atoms.